The number of nitrogens with zero attached hydrogens (tertiary/aromatic N) is 1. The number of carbonyl (C=O) groups excluding carboxylic acids is 1. The molecule has 0 aliphatic heterocycles. The van der Waals surface area contributed by atoms with E-state index in [1.165, 1.54) is 283 Å². The van der Waals surface area contributed by atoms with Crippen molar-refractivity contribution in [2.45, 2.75) is 366 Å². The molecule has 9 heteroatoms. The second-order valence-electron chi connectivity index (χ2n) is 24.9. The second kappa shape index (κ2) is 59.6. The predicted molar refractivity (Wildman–Crippen MR) is 335 cm³/mol. The summed E-state index contributed by atoms with van der Waals surface area (Å²) in [5, 5.41) is 14.1. The summed E-state index contributed by atoms with van der Waals surface area (Å²) in [5.74, 6) is -0.158. The van der Waals surface area contributed by atoms with E-state index in [1.807, 2.05) is 21.1 Å². The number of amides is 1. The van der Waals surface area contributed by atoms with Crippen LogP contribution in [-0.4, -0.2) is 68.5 Å². The Balaban J connectivity index is 4.03. The Labute approximate surface area is 481 Å². The maximum atomic E-state index is 13.0. The van der Waals surface area contributed by atoms with E-state index >= 15 is 0 Å². The molecule has 3 unspecified atom stereocenters. The van der Waals surface area contributed by atoms with Crippen LogP contribution in [0.4, 0.5) is 0 Å². The third-order valence-corrected chi connectivity index (χ3v) is 16.9. The average Bonchev–Trinajstić information content (AvgIpc) is 3.39. The lowest BCUT2D eigenvalue weighted by Crippen LogP contribution is -2.46. The van der Waals surface area contributed by atoms with Crippen molar-refractivity contribution in [2.75, 3.05) is 40.9 Å². The van der Waals surface area contributed by atoms with Crippen LogP contribution in [0.2, 0.25) is 0 Å². The molecule has 8 nitrogen and oxygen atoms in total. The molecular formula is C68H135N2O6P. The number of aliphatic hydroxyl groups excluding tert-OH is 1. The minimum absolute atomic E-state index is 0.0144. The van der Waals surface area contributed by atoms with Crippen molar-refractivity contribution in [1.29, 1.82) is 0 Å². The molecule has 0 saturated heterocycles. The first-order valence-corrected chi connectivity index (χ1v) is 35.6. The SMILES string of the molecule is CCCCCCCCCCC/C=C\C/C=C\CCCCCCCCCCCCCCCCCC(=O)NC(COP(=O)([O-])OCC[N+](C)(C)C)C(O)CCCCCCCCCCCCCCCCCCCCCCCCCC. The summed E-state index contributed by atoms with van der Waals surface area (Å²) in [6, 6.07) is -0.800. The summed E-state index contributed by atoms with van der Waals surface area (Å²) in [4.78, 5) is 25.6. The largest absolute Gasteiger partial charge is 0.756 e. The molecular weight excluding hydrogens is 972 g/mol. The third kappa shape index (κ3) is 62.4. The van der Waals surface area contributed by atoms with Gasteiger partial charge in [-0.15, -0.1) is 0 Å². The molecule has 77 heavy (non-hydrogen) atoms. The molecule has 0 spiro atoms. The van der Waals surface area contributed by atoms with Crippen molar-refractivity contribution in [3.8, 4) is 0 Å². The number of allylic oxidation sites excluding steroid dienone is 4. The first-order chi connectivity index (χ1) is 37.5. The Kier molecular flexibility index (Phi) is 58.8. The van der Waals surface area contributed by atoms with Gasteiger partial charge in [-0.2, -0.15) is 0 Å². The van der Waals surface area contributed by atoms with Gasteiger partial charge in [0.1, 0.15) is 13.2 Å². The van der Waals surface area contributed by atoms with E-state index in [0.29, 0.717) is 23.9 Å². The first-order valence-electron chi connectivity index (χ1n) is 34.2. The topological polar surface area (TPSA) is 108 Å². The van der Waals surface area contributed by atoms with Gasteiger partial charge in [0.05, 0.1) is 39.9 Å². The molecule has 0 radical (unpaired) electrons. The van der Waals surface area contributed by atoms with E-state index in [-0.39, 0.29) is 19.1 Å². The van der Waals surface area contributed by atoms with E-state index < -0.39 is 20.0 Å². The lowest BCUT2D eigenvalue weighted by molar-refractivity contribution is -0.870. The normalized spacial score (nSPS) is 13.8. The summed E-state index contributed by atoms with van der Waals surface area (Å²) >= 11 is 0. The van der Waals surface area contributed by atoms with E-state index in [9.17, 15) is 19.4 Å². The molecule has 0 aromatic rings. The number of rotatable bonds is 64. The van der Waals surface area contributed by atoms with Crippen LogP contribution in [0.5, 0.6) is 0 Å². The Hall–Kier alpha value is -1.02. The lowest BCUT2D eigenvalue weighted by atomic mass is 10.0. The molecule has 0 aromatic carbocycles. The predicted octanol–water partition coefficient (Wildman–Crippen LogP) is 20.9. The van der Waals surface area contributed by atoms with Crippen LogP contribution in [0.15, 0.2) is 24.3 Å². The van der Waals surface area contributed by atoms with Gasteiger partial charge in [-0.05, 0) is 44.9 Å². The summed E-state index contributed by atoms with van der Waals surface area (Å²) in [7, 11) is 1.32. The van der Waals surface area contributed by atoms with Crippen molar-refractivity contribution < 1.29 is 32.9 Å². The smallest absolute Gasteiger partial charge is 0.268 e. The Bertz CT molecular complexity index is 1300. The molecule has 0 aliphatic carbocycles. The molecule has 0 aromatic heterocycles. The highest BCUT2D eigenvalue weighted by atomic mass is 31.2. The summed E-state index contributed by atoms with van der Waals surface area (Å²) < 4.78 is 23.5. The Morgan fingerprint density at radius 3 is 1.08 bits per heavy atom. The maximum Gasteiger partial charge on any atom is 0.268 e. The van der Waals surface area contributed by atoms with Gasteiger partial charge in [0, 0.05) is 6.42 Å². The number of hydrogen-bond donors (Lipinski definition) is 2. The van der Waals surface area contributed by atoms with Crippen molar-refractivity contribution in [2.24, 2.45) is 0 Å². The Morgan fingerprint density at radius 1 is 0.455 bits per heavy atom. The number of phosphoric acid groups is 1. The molecule has 0 aliphatic rings. The number of nitrogens with one attached hydrogen (secondary N) is 1. The highest BCUT2D eigenvalue weighted by molar-refractivity contribution is 7.45. The number of hydrogen-bond acceptors (Lipinski definition) is 6. The van der Waals surface area contributed by atoms with Gasteiger partial charge < -0.3 is 28.8 Å². The fraction of sp³-hybridized carbons (Fsp3) is 0.926. The standard InChI is InChI=1S/C68H135N2O6P/c1-6-8-10-12-14-16-18-20-22-24-26-28-30-32-33-34-35-36-37-38-40-42-44-46-48-50-52-54-56-58-60-62-68(72)69-66(65-76-77(73,74)75-64-63-70(3,4)5)67(71)61-59-57-55-53-51-49-47-45-43-41-39-31-29-27-25-23-21-19-17-15-13-11-9-7-2/h26,28,32-33,66-67,71H,6-25,27,29-31,34-65H2,1-5H3,(H-,69,72,73,74)/b28-26-,33-32-. The van der Waals surface area contributed by atoms with Gasteiger partial charge in [-0.1, -0.05) is 327 Å². The van der Waals surface area contributed by atoms with Gasteiger partial charge in [-0.3, -0.25) is 9.36 Å². The van der Waals surface area contributed by atoms with Crippen molar-refractivity contribution in [3.63, 3.8) is 0 Å². The van der Waals surface area contributed by atoms with E-state index in [1.54, 1.807) is 0 Å². The van der Waals surface area contributed by atoms with Crippen molar-refractivity contribution >= 4 is 13.7 Å². The molecule has 0 heterocycles. The maximum absolute atomic E-state index is 13.0. The fourth-order valence-electron chi connectivity index (χ4n) is 10.6. The Morgan fingerprint density at radius 2 is 0.753 bits per heavy atom. The highest BCUT2D eigenvalue weighted by Crippen LogP contribution is 2.38. The van der Waals surface area contributed by atoms with Crippen LogP contribution < -0.4 is 10.2 Å². The first kappa shape index (κ1) is 76.0. The zero-order valence-electron chi connectivity index (χ0n) is 52.4. The number of aliphatic hydroxyl groups is 1. The van der Waals surface area contributed by atoms with Crippen LogP contribution in [0.3, 0.4) is 0 Å². The molecule has 1 amide bonds. The van der Waals surface area contributed by atoms with Crippen LogP contribution >= 0.6 is 7.82 Å². The van der Waals surface area contributed by atoms with Crippen LogP contribution in [0, 0.1) is 0 Å². The van der Waals surface area contributed by atoms with E-state index in [4.69, 9.17) is 9.05 Å². The van der Waals surface area contributed by atoms with Crippen LogP contribution in [0.25, 0.3) is 0 Å². The molecule has 0 saturated carbocycles. The van der Waals surface area contributed by atoms with Crippen molar-refractivity contribution in [1.82, 2.24) is 5.32 Å². The minimum Gasteiger partial charge on any atom is -0.756 e. The zero-order chi connectivity index (χ0) is 56.3. The molecule has 2 N–H and O–H groups in total. The zero-order valence-corrected chi connectivity index (χ0v) is 53.3. The van der Waals surface area contributed by atoms with Gasteiger partial charge >= 0.3 is 0 Å². The van der Waals surface area contributed by atoms with Gasteiger partial charge in [0.25, 0.3) is 7.82 Å². The molecule has 458 valence electrons. The average molecular weight is 1110 g/mol. The van der Waals surface area contributed by atoms with E-state index in [0.717, 1.165) is 44.9 Å². The third-order valence-electron chi connectivity index (χ3n) is 15.9. The van der Waals surface area contributed by atoms with Crippen LogP contribution in [0.1, 0.15) is 354 Å². The number of carbonyl (C=O) groups is 1. The summed E-state index contributed by atoms with van der Waals surface area (Å²) in [6.07, 6.45) is 76.7. The number of phosphoric ester groups is 1. The lowest BCUT2D eigenvalue weighted by Gasteiger charge is -2.30. The number of likely N-dealkylation sites (N-methyl/N-ethyl adjacent to an activating group) is 1. The van der Waals surface area contributed by atoms with Gasteiger partial charge in [0.2, 0.25) is 5.91 Å². The van der Waals surface area contributed by atoms with Gasteiger partial charge in [-0.25, -0.2) is 0 Å². The second-order valence-corrected chi connectivity index (χ2v) is 26.3. The summed E-state index contributed by atoms with van der Waals surface area (Å²) in [6.45, 7) is 4.78. The fourth-order valence-corrected chi connectivity index (χ4v) is 11.3. The molecule has 3 atom stereocenters. The summed E-state index contributed by atoms with van der Waals surface area (Å²) in [5.41, 5.74) is 0. The van der Waals surface area contributed by atoms with Gasteiger partial charge in [0.15, 0.2) is 0 Å². The number of quaternary nitrogens is 1. The minimum atomic E-state index is -4.58. The van der Waals surface area contributed by atoms with Crippen LogP contribution in [-0.2, 0) is 18.4 Å². The number of unbranched alkanes of at least 4 members (excludes halogenated alkanes) is 47. The monoisotopic (exact) mass is 1110 g/mol. The molecule has 0 fully saturated rings. The quantitative estimate of drug-likeness (QED) is 0.0272. The molecule has 0 bridgehead atoms. The molecule has 0 rings (SSSR count). The highest BCUT2D eigenvalue weighted by Gasteiger charge is 2.24. The van der Waals surface area contributed by atoms with Crippen molar-refractivity contribution in [3.05, 3.63) is 24.3 Å². The van der Waals surface area contributed by atoms with E-state index in [2.05, 4.69) is 43.5 Å².